The van der Waals surface area contributed by atoms with E-state index in [1.54, 1.807) is 0 Å². The first kappa shape index (κ1) is 11.3. The summed E-state index contributed by atoms with van der Waals surface area (Å²) in [5.74, 6) is 0.350. The van der Waals surface area contributed by atoms with E-state index in [9.17, 15) is 4.79 Å². The molecular weight excluding hydrogens is 198 g/mol. The molecule has 0 radical (unpaired) electrons. The van der Waals surface area contributed by atoms with E-state index in [1.165, 1.54) is 12.0 Å². The number of carbonyl (C=O) groups excluding carboxylic acids is 1. The van der Waals surface area contributed by atoms with Crippen molar-refractivity contribution in [2.45, 2.75) is 38.6 Å². The number of rotatable bonds is 4. The third-order valence-electron chi connectivity index (χ3n) is 3.16. The molecule has 1 heterocycles. The van der Waals surface area contributed by atoms with Crippen molar-refractivity contribution >= 4 is 5.78 Å². The van der Waals surface area contributed by atoms with Gasteiger partial charge in [0.15, 0.2) is 0 Å². The summed E-state index contributed by atoms with van der Waals surface area (Å²) in [6.45, 7) is 3.14. The molecule has 1 aliphatic heterocycles. The van der Waals surface area contributed by atoms with E-state index in [0.29, 0.717) is 24.7 Å². The number of aryl methyl sites for hydroxylation is 1. The predicted octanol–water partition coefficient (Wildman–Crippen LogP) is 2.25. The van der Waals surface area contributed by atoms with Gasteiger partial charge < -0.3 is 5.32 Å². The molecule has 86 valence electrons. The van der Waals surface area contributed by atoms with Gasteiger partial charge in [-0.15, -0.1) is 0 Å². The lowest BCUT2D eigenvalue weighted by molar-refractivity contribution is -0.118. The van der Waals surface area contributed by atoms with Crippen LogP contribution in [-0.2, 0) is 11.2 Å². The number of Topliss-reactive ketones (excluding diaryl/α,β-unsaturated/α-hetero) is 1. The Morgan fingerprint density at radius 2 is 2.12 bits per heavy atom. The van der Waals surface area contributed by atoms with Crippen LogP contribution < -0.4 is 5.32 Å². The summed E-state index contributed by atoms with van der Waals surface area (Å²) in [7, 11) is 0. The fourth-order valence-electron chi connectivity index (χ4n) is 2.21. The lowest BCUT2D eigenvalue weighted by Gasteiger charge is -2.08. The predicted molar refractivity (Wildman–Crippen MR) is 65.5 cm³/mol. The second-order valence-electron chi connectivity index (χ2n) is 4.70. The Bertz CT molecular complexity index is 350. The molecule has 1 atom stereocenters. The fraction of sp³-hybridized carbons (Fsp3) is 0.500. The maximum Gasteiger partial charge on any atom is 0.138 e. The summed E-state index contributed by atoms with van der Waals surface area (Å²) in [5.41, 5.74) is 2.38. The standard InChI is InChI=1S/C14H19NO/c1-11-4-6-12(7-5-11)9-14(16)10-13-3-2-8-15-13/h4-7,13,15H,2-3,8-10H2,1H3. The summed E-state index contributed by atoms with van der Waals surface area (Å²) in [5, 5.41) is 3.36. The van der Waals surface area contributed by atoms with Gasteiger partial charge in [-0.1, -0.05) is 29.8 Å². The molecule has 0 aliphatic carbocycles. The van der Waals surface area contributed by atoms with E-state index >= 15 is 0 Å². The number of benzene rings is 1. The van der Waals surface area contributed by atoms with Crippen LogP contribution in [0.1, 0.15) is 30.4 Å². The molecular formula is C14H19NO. The van der Waals surface area contributed by atoms with Crippen LogP contribution in [-0.4, -0.2) is 18.4 Å². The van der Waals surface area contributed by atoms with E-state index in [2.05, 4.69) is 36.5 Å². The zero-order valence-corrected chi connectivity index (χ0v) is 9.83. The van der Waals surface area contributed by atoms with E-state index in [1.807, 2.05) is 0 Å². The first-order valence-electron chi connectivity index (χ1n) is 6.04. The Morgan fingerprint density at radius 3 is 2.75 bits per heavy atom. The van der Waals surface area contributed by atoms with Gasteiger partial charge in [-0.05, 0) is 31.9 Å². The Balaban J connectivity index is 1.84. The average molecular weight is 217 g/mol. The molecule has 1 N–H and O–H groups in total. The van der Waals surface area contributed by atoms with Crippen molar-refractivity contribution in [1.82, 2.24) is 5.32 Å². The highest BCUT2D eigenvalue weighted by atomic mass is 16.1. The Labute approximate surface area is 97.1 Å². The van der Waals surface area contributed by atoms with Crippen molar-refractivity contribution in [2.75, 3.05) is 6.54 Å². The second-order valence-corrected chi connectivity index (χ2v) is 4.70. The Kier molecular flexibility index (Phi) is 3.73. The smallest absolute Gasteiger partial charge is 0.138 e. The number of nitrogens with one attached hydrogen (secondary N) is 1. The van der Waals surface area contributed by atoms with Gasteiger partial charge >= 0.3 is 0 Å². The monoisotopic (exact) mass is 217 g/mol. The molecule has 0 aromatic heterocycles. The van der Waals surface area contributed by atoms with Gasteiger partial charge in [-0.25, -0.2) is 0 Å². The van der Waals surface area contributed by atoms with Gasteiger partial charge in [0.25, 0.3) is 0 Å². The largest absolute Gasteiger partial charge is 0.314 e. The number of hydrogen-bond acceptors (Lipinski definition) is 2. The maximum atomic E-state index is 11.8. The molecule has 0 saturated carbocycles. The SMILES string of the molecule is Cc1ccc(CC(=O)CC2CCCN2)cc1. The highest BCUT2D eigenvalue weighted by Gasteiger charge is 2.17. The van der Waals surface area contributed by atoms with Crippen LogP contribution in [0, 0.1) is 6.92 Å². The first-order valence-corrected chi connectivity index (χ1v) is 6.04. The van der Waals surface area contributed by atoms with Crippen molar-refractivity contribution < 1.29 is 4.79 Å². The number of carbonyl (C=O) groups is 1. The summed E-state index contributed by atoms with van der Waals surface area (Å²) < 4.78 is 0. The second kappa shape index (κ2) is 5.26. The van der Waals surface area contributed by atoms with Crippen molar-refractivity contribution in [3.8, 4) is 0 Å². The van der Waals surface area contributed by atoms with Gasteiger partial charge in [-0.3, -0.25) is 4.79 Å². The molecule has 1 unspecified atom stereocenters. The Morgan fingerprint density at radius 1 is 1.38 bits per heavy atom. The minimum atomic E-state index is 0.350. The van der Waals surface area contributed by atoms with Crippen LogP contribution >= 0.6 is 0 Å². The van der Waals surface area contributed by atoms with Gasteiger partial charge in [0.2, 0.25) is 0 Å². The van der Waals surface area contributed by atoms with Gasteiger partial charge in [-0.2, -0.15) is 0 Å². The van der Waals surface area contributed by atoms with Crippen LogP contribution in [0.25, 0.3) is 0 Å². The van der Waals surface area contributed by atoms with Crippen LogP contribution in [0.2, 0.25) is 0 Å². The molecule has 2 nitrogen and oxygen atoms in total. The summed E-state index contributed by atoms with van der Waals surface area (Å²) in [6.07, 6.45) is 3.63. The van der Waals surface area contributed by atoms with Crippen LogP contribution in [0.15, 0.2) is 24.3 Å². The van der Waals surface area contributed by atoms with E-state index < -0.39 is 0 Å². The van der Waals surface area contributed by atoms with E-state index in [0.717, 1.165) is 18.5 Å². The number of hydrogen-bond donors (Lipinski definition) is 1. The summed E-state index contributed by atoms with van der Waals surface area (Å²) in [4.78, 5) is 11.8. The molecule has 0 spiro atoms. The molecule has 1 aromatic carbocycles. The van der Waals surface area contributed by atoms with E-state index in [4.69, 9.17) is 0 Å². The molecule has 16 heavy (non-hydrogen) atoms. The van der Waals surface area contributed by atoms with Crippen molar-refractivity contribution in [2.24, 2.45) is 0 Å². The van der Waals surface area contributed by atoms with Crippen molar-refractivity contribution in [3.05, 3.63) is 35.4 Å². The average Bonchev–Trinajstić information content (AvgIpc) is 2.74. The zero-order valence-electron chi connectivity index (χ0n) is 9.83. The number of ketones is 1. The molecule has 1 fully saturated rings. The molecule has 0 amide bonds. The normalized spacial score (nSPS) is 19.9. The first-order chi connectivity index (χ1) is 7.74. The molecule has 1 aromatic rings. The lowest BCUT2D eigenvalue weighted by Crippen LogP contribution is -2.25. The van der Waals surface area contributed by atoms with Gasteiger partial charge in [0, 0.05) is 18.9 Å². The Hall–Kier alpha value is -1.15. The molecule has 1 saturated heterocycles. The van der Waals surface area contributed by atoms with E-state index in [-0.39, 0.29) is 0 Å². The van der Waals surface area contributed by atoms with Crippen molar-refractivity contribution in [1.29, 1.82) is 0 Å². The quantitative estimate of drug-likeness (QED) is 0.838. The van der Waals surface area contributed by atoms with Gasteiger partial charge in [0.1, 0.15) is 5.78 Å². The van der Waals surface area contributed by atoms with Crippen LogP contribution in [0.3, 0.4) is 0 Å². The highest BCUT2D eigenvalue weighted by Crippen LogP contribution is 2.11. The van der Waals surface area contributed by atoms with Gasteiger partial charge in [0.05, 0.1) is 0 Å². The fourth-order valence-corrected chi connectivity index (χ4v) is 2.21. The summed E-state index contributed by atoms with van der Waals surface area (Å²) in [6, 6.07) is 8.66. The van der Waals surface area contributed by atoms with Crippen molar-refractivity contribution in [3.63, 3.8) is 0 Å². The molecule has 2 rings (SSSR count). The molecule has 0 bridgehead atoms. The van der Waals surface area contributed by atoms with Crippen LogP contribution in [0.4, 0.5) is 0 Å². The topological polar surface area (TPSA) is 29.1 Å². The third-order valence-corrected chi connectivity index (χ3v) is 3.16. The maximum absolute atomic E-state index is 11.8. The minimum Gasteiger partial charge on any atom is -0.314 e. The zero-order chi connectivity index (χ0) is 11.4. The van der Waals surface area contributed by atoms with Crippen LogP contribution in [0.5, 0.6) is 0 Å². The lowest BCUT2D eigenvalue weighted by atomic mass is 10.0. The highest BCUT2D eigenvalue weighted by molar-refractivity contribution is 5.81. The summed E-state index contributed by atoms with van der Waals surface area (Å²) >= 11 is 0. The minimum absolute atomic E-state index is 0.350. The molecule has 1 aliphatic rings. The third kappa shape index (κ3) is 3.17. The molecule has 2 heteroatoms.